The van der Waals surface area contributed by atoms with Gasteiger partial charge in [0.1, 0.15) is 12.4 Å². The second-order valence-electron chi connectivity index (χ2n) is 6.98. The lowest BCUT2D eigenvalue weighted by atomic mass is 9.64. The van der Waals surface area contributed by atoms with Crippen LogP contribution in [0.2, 0.25) is 0 Å². The zero-order valence-corrected chi connectivity index (χ0v) is 15.9. The molecule has 1 saturated carbocycles. The molecule has 1 amide bonds. The number of thiazole rings is 1. The van der Waals surface area contributed by atoms with Crippen LogP contribution < -0.4 is 10.1 Å². The van der Waals surface area contributed by atoms with Crippen molar-refractivity contribution in [1.29, 1.82) is 0 Å². The van der Waals surface area contributed by atoms with Crippen molar-refractivity contribution in [1.82, 2.24) is 10.3 Å². The number of hydrogen-bond acceptors (Lipinski definition) is 4. The van der Waals surface area contributed by atoms with Gasteiger partial charge in [0.05, 0.1) is 11.2 Å². The van der Waals surface area contributed by atoms with Crippen molar-refractivity contribution in [2.75, 3.05) is 6.54 Å². The summed E-state index contributed by atoms with van der Waals surface area (Å²) in [7, 11) is 0. The molecule has 1 aliphatic rings. The van der Waals surface area contributed by atoms with Crippen LogP contribution in [0.5, 0.6) is 5.75 Å². The van der Waals surface area contributed by atoms with E-state index in [2.05, 4.69) is 34.6 Å². The second-order valence-corrected chi connectivity index (χ2v) is 7.69. The fraction of sp³-hybridized carbons (Fsp3) is 0.273. The van der Waals surface area contributed by atoms with E-state index in [1.54, 1.807) is 16.8 Å². The van der Waals surface area contributed by atoms with Crippen molar-refractivity contribution in [3.8, 4) is 5.75 Å². The number of aromatic nitrogens is 1. The monoisotopic (exact) mass is 378 g/mol. The van der Waals surface area contributed by atoms with Crippen LogP contribution in [0, 0.1) is 0 Å². The lowest BCUT2D eigenvalue weighted by molar-refractivity contribution is 0.0928. The Kier molecular flexibility index (Phi) is 5.21. The van der Waals surface area contributed by atoms with Crippen LogP contribution in [0.1, 0.15) is 40.9 Å². The first-order chi connectivity index (χ1) is 13.3. The van der Waals surface area contributed by atoms with Crippen LogP contribution in [-0.4, -0.2) is 17.4 Å². The normalized spacial score (nSPS) is 15.0. The third-order valence-corrected chi connectivity index (χ3v) is 5.91. The molecule has 0 atom stereocenters. The average Bonchev–Trinajstić information content (AvgIpc) is 3.20. The largest absolute Gasteiger partial charge is 0.487 e. The quantitative estimate of drug-likeness (QED) is 0.655. The number of nitrogens with zero attached hydrogens (tertiary/aromatic N) is 1. The Bertz CT molecular complexity index is 872. The Labute approximate surface area is 163 Å². The van der Waals surface area contributed by atoms with Crippen molar-refractivity contribution in [2.24, 2.45) is 0 Å². The summed E-state index contributed by atoms with van der Waals surface area (Å²) in [4.78, 5) is 16.8. The second kappa shape index (κ2) is 7.92. The predicted molar refractivity (Wildman–Crippen MR) is 107 cm³/mol. The van der Waals surface area contributed by atoms with Crippen molar-refractivity contribution in [3.63, 3.8) is 0 Å². The molecule has 2 aromatic carbocycles. The number of ether oxygens (including phenoxy) is 1. The predicted octanol–water partition coefficient (Wildman–Crippen LogP) is 4.57. The molecule has 3 aromatic rings. The third kappa shape index (κ3) is 4.03. The molecule has 1 aliphatic carbocycles. The molecule has 1 aromatic heterocycles. The number of amides is 1. The molecule has 4 rings (SSSR count). The lowest BCUT2D eigenvalue weighted by Crippen LogP contribution is -2.45. The third-order valence-electron chi connectivity index (χ3n) is 5.27. The number of rotatable bonds is 7. The van der Waals surface area contributed by atoms with Gasteiger partial charge >= 0.3 is 0 Å². The van der Waals surface area contributed by atoms with Gasteiger partial charge in [-0.25, -0.2) is 4.98 Å². The van der Waals surface area contributed by atoms with Gasteiger partial charge in [-0.3, -0.25) is 4.79 Å². The van der Waals surface area contributed by atoms with Gasteiger partial charge in [-0.2, -0.15) is 0 Å². The van der Waals surface area contributed by atoms with E-state index in [1.807, 2.05) is 35.7 Å². The average molecular weight is 378 g/mol. The minimum atomic E-state index is -0.0387. The van der Waals surface area contributed by atoms with Crippen LogP contribution in [0.25, 0.3) is 0 Å². The van der Waals surface area contributed by atoms with Gasteiger partial charge in [-0.1, -0.05) is 36.8 Å². The Morgan fingerprint density at radius 3 is 2.52 bits per heavy atom. The van der Waals surface area contributed by atoms with E-state index in [1.165, 1.54) is 12.0 Å². The number of carbonyl (C=O) groups is 1. The Morgan fingerprint density at radius 2 is 1.89 bits per heavy atom. The first-order valence-corrected chi connectivity index (χ1v) is 10.1. The van der Waals surface area contributed by atoms with Crippen LogP contribution in [0.3, 0.4) is 0 Å². The zero-order chi connectivity index (χ0) is 18.5. The summed E-state index contributed by atoms with van der Waals surface area (Å²) in [6.45, 7) is 1.12. The minimum Gasteiger partial charge on any atom is -0.487 e. The van der Waals surface area contributed by atoms with E-state index >= 15 is 0 Å². The molecule has 0 saturated heterocycles. The molecule has 1 heterocycles. The summed E-state index contributed by atoms with van der Waals surface area (Å²) >= 11 is 1.55. The van der Waals surface area contributed by atoms with E-state index in [9.17, 15) is 4.79 Å². The van der Waals surface area contributed by atoms with Crippen molar-refractivity contribution in [3.05, 3.63) is 82.3 Å². The molecule has 0 radical (unpaired) electrons. The van der Waals surface area contributed by atoms with Crippen LogP contribution in [0.4, 0.5) is 0 Å². The molecule has 0 aliphatic heterocycles. The number of benzene rings is 2. The molecular formula is C22H22N2O2S. The summed E-state index contributed by atoms with van der Waals surface area (Å²) < 4.78 is 5.70. The van der Waals surface area contributed by atoms with E-state index in [0.29, 0.717) is 18.7 Å². The maximum atomic E-state index is 12.6. The Balaban J connectivity index is 1.34. The van der Waals surface area contributed by atoms with Gasteiger partial charge in [-0.15, -0.1) is 11.3 Å². The van der Waals surface area contributed by atoms with Crippen molar-refractivity contribution >= 4 is 17.2 Å². The van der Waals surface area contributed by atoms with E-state index < -0.39 is 0 Å². The Hall–Kier alpha value is -2.66. The highest BCUT2D eigenvalue weighted by Gasteiger charge is 2.38. The summed E-state index contributed by atoms with van der Waals surface area (Å²) in [5.41, 5.74) is 4.76. The SMILES string of the molecule is O=C(NCC1(c2ccccc2)CCC1)c1ccc(OCc2cscn2)cc1. The van der Waals surface area contributed by atoms with Gasteiger partial charge in [0.2, 0.25) is 0 Å². The highest BCUT2D eigenvalue weighted by Crippen LogP contribution is 2.43. The first-order valence-electron chi connectivity index (χ1n) is 9.19. The van der Waals surface area contributed by atoms with E-state index in [-0.39, 0.29) is 11.3 Å². The van der Waals surface area contributed by atoms with Crippen LogP contribution >= 0.6 is 11.3 Å². The van der Waals surface area contributed by atoms with Gasteiger partial charge in [-0.05, 0) is 42.7 Å². The maximum absolute atomic E-state index is 12.6. The van der Waals surface area contributed by atoms with Gasteiger partial charge in [0, 0.05) is 22.9 Å². The fourth-order valence-electron chi connectivity index (χ4n) is 3.48. The number of hydrogen-bond donors (Lipinski definition) is 1. The molecule has 4 nitrogen and oxygen atoms in total. The maximum Gasteiger partial charge on any atom is 0.251 e. The number of carbonyl (C=O) groups excluding carboxylic acids is 1. The zero-order valence-electron chi connectivity index (χ0n) is 15.1. The van der Waals surface area contributed by atoms with E-state index in [0.717, 1.165) is 24.3 Å². The molecule has 0 spiro atoms. The molecule has 0 bridgehead atoms. The summed E-state index contributed by atoms with van der Waals surface area (Å²) in [5.74, 6) is 0.697. The summed E-state index contributed by atoms with van der Waals surface area (Å²) in [6, 6.07) is 17.8. The van der Waals surface area contributed by atoms with Crippen molar-refractivity contribution in [2.45, 2.75) is 31.3 Å². The molecule has 138 valence electrons. The number of nitrogens with one attached hydrogen (secondary N) is 1. The van der Waals surface area contributed by atoms with Gasteiger partial charge in [0.15, 0.2) is 0 Å². The molecular weight excluding hydrogens is 356 g/mol. The lowest BCUT2D eigenvalue weighted by Gasteiger charge is -2.42. The van der Waals surface area contributed by atoms with Crippen LogP contribution in [0.15, 0.2) is 65.5 Å². The molecule has 1 fully saturated rings. The highest BCUT2D eigenvalue weighted by molar-refractivity contribution is 7.07. The molecule has 1 N–H and O–H groups in total. The van der Waals surface area contributed by atoms with Gasteiger partial charge < -0.3 is 10.1 Å². The fourth-order valence-corrected chi connectivity index (χ4v) is 4.03. The Morgan fingerprint density at radius 1 is 1.11 bits per heavy atom. The van der Waals surface area contributed by atoms with Gasteiger partial charge in [0.25, 0.3) is 5.91 Å². The smallest absolute Gasteiger partial charge is 0.251 e. The van der Waals surface area contributed by atoms with Crippen molar-refractivity contribution < 1.29 is 9.53 Å². The van der Waals surface area contributed by atoms with Crippen LogP contribution in [-0.2, 0) is 12.0 Å². The highest BCUT2D eigenvalue weighted by atomic mass is 32.1. The minimum absolute atomic E-state index is 0.0387. The molecule has 0 unspecified atom stereocenters. The standard InChI is InChI=1S/C22H22N2O2S/c25-21(23-15-22(11-4-12-22)18-5-2-1-3-6-18)17-7-9-20(10-8-17)26-13-19-14-27-16-24-19/h1-3,5-10,14,16H,4,11-13,15H2,(H,23,25). The van der Waals surface area contributed by atoms with E-state index in [4.69, 9.17) is 4.74 Å². The first kappa shape index (κ1) is 17.7. The molecule has 27 heavy (non-hydrogen) atoms. The molecule has 5 heteroatoms. The summed E-state index contributed by atoms with van der Waals surface area (Å²) in [5, 5.41) is 5.09. The summed E-state index contributed by atoms with van der Waals surface area (Å²) in [6.07, 6.45) is 3.47. The topological polar surface area (TPSA) is 51.2 Å².